The Kier molecular flexibility index (Phi) is 3.56. The van der Waals surface area contributed by atoms with Crippen molar-refractivity contribution in [3.63, 3.8) is 0 Å². The number of aromatic amines is 1. The van der Waals surface area contributed by atoms with E-state index in [9.17, 15) is 4.79 Å². The molecule has 0 bridgehead atoms. The van der Waals surface area contributed by atoms with Crippen LogP contribution < -0.4 is 19.7 Å². The number of hydrogen-bond donors (Lipinski definition) is 2. The number of aryl methyl sites for hydroxylation is 1. The topological polar surface area (TPSA) is 66.6 Å². The Hall–Kier alpha value is -3.93. The van der Waals surface area contributed by atoms with Gasteiger partial charge in [-0.1, -0.05) is 30.3 Å². The first-order valence-corrected chi connectivity index (χ1v) is 9.87. The van der Waals surface area contributed by atoms with Crippen LogP contribution in [0.3, 0.4) is 0 Å². The van der Waals surface area contributed by atoms with E-state index in [0.29, 0.717) is 17.1 Å². The second-order valence-electron chi connectivity index (χ2n) is 7.51. The van der Waals surface area contributed by atoms with E-state index in [2.05, 4.69) is 22.4 Å². The zero-order valence-electron chi connectivity index (χ0n) is 16.3. The zero-order chi connectivity index (χ0) is 20.2. The van der Waals surface area contributed by atoms with Gasteiger partial charge in [0.25, 0.3) is 5.91 Å². The Labute approximate surface area is 173 Å². The second-order valence-corrected chi connectivity index (χ2v) is 7.51. The molecule has 0 aliphatic carbocycles. The lowest BCUT2D eigenvalue weighted by Gasteiger charge is -2.38. The maximum absolute atomic E-state index is 13.7. The highest BCUT2D eigenvalue weighted by Crippen LogP contribution is 2.43. The lowest BCUT2D eigenvalue weighted by molar-refractivity contribution is 0.0975. The lowest BCUT2D eigenvalue weighted by atomic mass is 10.0. The van der Waals surface area contributed by atoms with E-state index in [1.54, 1.807) is 4.90 Å². The molecule has 0 spiro atoms. The molecule has 1 aromatic heterocycles. The molecule has 3 heterocycles. The normalized spacial score (nSPS) is 17.2. The SMILES string of the molecule is Cc1[nH]c2ccccc2c1[C@@H]1Nc2ccccc2C(=O)N1c1ccc2c(c1)OCO2. The lowest BCUT2D eigenvalue weighted by Crippen LogP contribution is -2.43. The van der Waals surface area contributed by atoms with Crippen molar-refractivity contribution in [1.82, 2.24) is 4.98 Å². The van der Waals surface area contributed by atoms with Crippen molar-refractivity contribution in [3.05, 3.63) is 83.6 Å². The molecule has 148 valence electrons. The van der Waals surface area contributed by atoms with E-state index in [-0.39, 0.29) is 18.9 Å². The predicted octanol–water partition coefficient (Wildman–Crippen LogP) is 4.98. The molecular formula is C24H19N3O3. The number of hydrogen-bond acceptors (Lipinski definition) is 4. The summed E-state index contributed by atoms with van der Waals surface area (Å²) in [6.07, 6.45) is -0.371. The van der Waals surface area contributed by atoms with Gasteiger partial charge in [-0.3, -0.25) is 9.69 Å². The fourth-order valence-corrected chi connectivity index (χ4v) is 4.41. The number of rotatable bonds is 2. The highest BCUT2D eigenvalue weighted by molar-refractivity contribution is 6.12. The van der Waals surface area contributed by atoms with E-state index in [1.165, 1.54) is 0 Å². The molecule has 0 saturated heterocycles. The number of anilines is 2. The van der Waals surface area contributed by atoms with Gasteiger partial charge >= 0.3 is 0 Å². The van der Waals surface area contributed by atoms with E-state index in [1.807, 2.05) is 61.5 Å². The number of para-hydroxylation sites is 2. The molecule has 30 heavy (non-hydrogen) atoms. The molecule has 1 amide bonds. The minimum absolute atomic E-state index is 0.0575. The Morgan fingerprint density at radius 1 is 0.967 bits per heavy atom. The van der Waals surface area contributed by atoms with Crippen molar-refractivity contribution < 1.29 is 14.3 Å². The number of aromatic nitrogens is 1. The summed E-state index contributed by atoms with van der Waals surface area (Å²) < 4.78 is 11.0. The van der Waals surface area contributed by atoms with E-state index >= 15 is 0 Å². The van der Waals surface area contributed by atoms with Gasteiger partial charge < -0.3 is 19.8 Å². The van der Waals surface area contributed by atoms with Crippen LogP contribution in [0, 0.1) is 6.92 Å². The molecule has 4 aromatic rings. The number of nitrogens with one attached hydrogen (secondary N) is 2. The van der Waals surface area contributed by atoms with E-state index < -0.39 is 0 Å². The van der Waals surface area contributed by atoms with Crippen LogP contribution in [0.2, 0.25) is 0 Å². The minimum atomic E-state index is -0.371. The summed E-state index contributed by atoms with van der Waals surface area (Å²) in [6, 6.07) is 21.4. The third-order valence-electron chi connectivity index (χ3n) is 5.78. The number of fused-ring (bicyclic) bond motifs is 3. The number of carbonyl (C=O) groups is 1. The average Bonchev–Trinajstić information content (AvgIpc) is 3.36. The van der Waals surface area contributed by atoms with Crippen LogP contribution in [0.25, 0.3) is 10.9 Å². The highest BCUT2D eigenvalue weighted by Gasteiger charge is 2.36. The van der Waals surface area contributed by atoms with Crippen molar-refractivity contribution in [3.8, 4) is 11.5 Å². The summed E-state index contributed by atoms with van der Waals surface area (Å²) in [6.45, 7) is 2.23. The largest absolute Gasteiger partial charge is 0.454 e. The van der Waals surface area contributed by atoms with Gasteiger partial charge in [0.1, 0.15) is 6.17 Å². The summed E-state index contributed by atoms with van der Waals surface area (Å²) in [5, 5.41) is 4.68. The molecule has 0 unspecified atom stereocenters. The van der Waals surface area contributed by atoms with Gasteiger partial charge in [-0.2, -0.15) is 0 Å². The van der Waals surface area contributed by atoms with Gasteiger partial charge in [0.15, 0.2) is 11.5 Å². The van der Waals surface area contributed by atoms with Crippen LogP contribution in [-0.4, -0.2) is 17.7 Å². The van der Waals surface area contributed by atoms with Crippen molar-refractivity contribution >= 4 is 28.2 Å². The second kappa shape index (κ2) is 6.29. The molecule has 0 radical (unpaired) electrons. The predicted molar refractivity (Wildman–Crippen MR) is 115 cm³/mol. The summed E-state index contributed by atoms with van der Waals surface area (Å²) in [5.74, 6) is 1.28. The van der Waals surface area contributed by atoms with Gasteiger partial charge in [0.05, 0.1) is 11.3 Å². The number of nitrogens with zero attached hydrogens (tertiary/aromatic N) is 1. The number of H-pyrrole nitrogens is 1. The fourth-order valence-electron chi connectivity index (χ4n) is 4.41. The number of carbonyl (C=O) groups excluding carboxylic acids is 1. The molecule has 6 heteroatoms. The third kappa shape index (κ3) is 2.40. The number of amides is 1. The Morgan fingerprint density at radius 2 is 1.77 bits per heavy atom. The Balaban J connectivity index is 1.57. The first-order valence-electron chi connectivity index (χ1n) is 9.87. The summed E-state index contributed by atoms with van der Waals surface area (Å²) in [7, 11) is 0. The summed E-state index contributed by atoms with van der Waals surface area (Å²) in [5.41, 5.74) is 5.33. The molecule has 6 nitrogen and oxygen atoms in total. The number of ether oxygens (including phenoxy) is 2. The van der Waals surface area contributed by atoms with Gasteiger partial charge in [-0.15, -0.1) is 0 Å². The molecule has 0 fully saturated rings. The molecule has 3 aromatic carbocycles. The Bertz CT molecular complexity index is 1310. The first-order chi connectivity index (χ1) is 14.7. The average molecular weight is 397 g/mol. The van der Waals surface area contributed by atoms with Crippen LogP contribution in [0.5, 0.6) is 11.5 Å². The van der Waals surface area contributed by atoms with Gasteiger partial charge in [-0.05, 0) is 37.3 Å². The highest BCUT2D eigenvalue weighted by atomic mass is 16.7. The monoisotopic (exact) mass is 397 g/mol. The fraction of sp³-hybridized carbons (Fsp3) is 0.125. The van der Waals surface area contributed by atoms with Gasteiger partial charge in [-0.25, -0.2) is 0 Å². The maximum atomic E-state index is 13.7. The van der Waals surface area contributed by atoms with Crippen LogP contribution in [0.4, 0.5) is 11.4 Å². The molecule has 0 saturated carbocycles. The van der Waals surface area contributed by atoms with E-state index in [4.69, 9.17) is 9.47 Å². The Morgan fingerprint density at radius 3 is 2.70 bits per heavy atom. The molecular weight excluding hydrogens is 378 g/mol. The van der Waals surface area contributed by atoms with E-state index in [0.717, 1.165) is 33.5 Å². The number of benzene rings is 3. The van der Waals surface area contributed by atoms with Crippen LogP contribution in [0.1, 0.15) is 27.8 Å². The van der Waals surface area contributed by atoms with Crippen LogP contribution in [0.15, 0.2) is 66.7 Å². The van der Waals surface area contributed by atoms with Gasteiger partial charge in [0.2, 0.25) is 6.79 Å². The standard InChI is InChI=1S/C24H19N3O3/c1-14-22(16-6-2-4-8-18(16)25-14)23-26-19-9-5-3-7-17(19)24(28)27(23)15-10-11-20-21(12-15)30-13-29-20/h2-12,23,25-26H,13H2,1H3/t23-/m1/s1. The molecule has 6 rings (SSSR count). The van der Waals surface area contributed by atoms with Crippen LogP contribution >= 0.6 is 0 Å². The van der Waals surface area contributed by atoms with Crippen molar-refractivity contribution in [2.24, 2.45) is 0 Å². The third-order valence-corrected chi connectivity index (χ3v) is 5.78. The van der Waals surface area contributed by atoms with Crippen LogP contribution in [-0.2, 0) is 0 Å². The zero-order valence-corrected chi connectivity index (χ0v) is 16.3. The van der Waals surface area contributed by atoms with Crippen molar-refractivity contribution in [1.29, 1.82) is 0 Å². The first kappa shape index (κ1) is 17.0. The molecule has 1 atom stereocenters. The molecule has 2 N–H and O–H groups in total. The van der Waals surface area contributed by atoms with Crippen molar-refractivity contribution in [2.75, 3.05) is 17.0 Å². The maximum Gasteiger partial charge on any atom is 0.262 e. The van der Waals surface area contributed by atoms with Gasteiger partial charge in [0, 0.05) is 33.9 Å². The molecule has 2 aliphatic rings. The quantitative estimate of drug-likeness (QED) is 0.501. The minimum Gasteiger partial charge on any atom is -0.454 e. The summed E-state index contributed by atoms with van der Waals surface area (Å²) in [4.78, 5) is 18.9. The van der Waals surface area contributed by atoms with Crippen molar-refractivity contribution in [2.45, 2.75) is 13.1 Å². The smallest absolute Gasteiger partial charge is 0.262 e. The molecule has 2 aliphatic heterocycles. The summed E-state index contributed by atoms with van der Waals surface area (Å²) >= 11 is 0.